The summed E-state index contributed by atoms with van der Waals surface area (Å²) < 4.78 is 7.39. The van der Waals surface area contributed by atoms with E-state index in [1.165, 1.54) is 16.5 Å². The summed E-state index contributed by atoms with van der Waals surface area (Å²) in [6.45, 7) is 8.11. The Kier molecular flexibility index (Phi) is 3.55. The van der Waals surface area contributed by atoms with E-state index in [0.717, 1.165) is 12.3 Å². The van der Waals surface area contributed by atoms with Gasteiger partial charge in [0.2, 0.25) is 0 Å². The zero-order valence-electron chi connectivity index (χ0n) is 12.8. The molecule has 0 atom stereocenters. The molecule has 110 valence electrons. The molecular weight excluding hydrogens is 262 g/mol. The van der Waals surface area contributed by atoms with E-state index in [9.17, 15) is 0 Å². The second-order valence-electron chi connectivity index (χ2n) is 6.42. The molecule has 0 aliphatic rings. The van der Waals surface area contributed by atoms with E-state index >= 15 is 0 Å². The van der Waals surface area contributed by atoms with Crippen molar-refractivity contribution in [2.45, 2.75) is 39.4 Å². The highest BCUT2D eigenvalue weighted by Gasteiger charge is 2.09. The van der Waals surface area contributed by atoms with Crippen LogP contribution < -0.4 is 5.32 Å². The van der Waals surface area contributed by atoms with Crippen molar-refractivity contribution in [3.05, 3.63) is 54.0 Å². The predicted molar refractivity (Wildman–Crippen MR) is 84.1 cm³/mol. The van der Waals surface area contributed by atoms with Gasteiger partial charge in [-0.3, -0.25) is 0 Å². The monoisotopic (exact) mass is 283 g/mol. The van der Waals surface area contributed by atoms with E-state index in [0.29, 0.717) is 6.54 Å². The summed E-state index contributed by atoms with van der Waals surface area (Å²) >= 11 is 0. The average Bonchev–Trinajstić information content (AvgIpc) is 3.06. The van der Waals surface area contributed by atoms with Gasteiger partial charge in [0, 0.05) is 29.9 Å². The number of rotatable bonds is 4. The second kappa shape index (κ2) is 5.37. The lowest BCUT2D eigenvalue weighted by Gasteiger charge is -2.20. The summed E-state index contributed by atoms with van der Waals surface area (Å²) in [4.78, 5) is 0. The van der Waals surface area contributed by atoms with Crippen molar-refractivity contribution in [2.24, 2.45) is 0 Å². The lowest BCUT2D eigenvalue weighted by Crippen LogP contribution is -2.35. The fourth-order valence-corrected chi connectivity index (χ4v) is 2.34. The van der Waals surface area contributed by atoms with Gasteiger partial charge in [0.05, 0.1) is 12.7 Å². The van der Waals surface area contributed by atoms with E-state index in [1.54, 1.807) is 6.20 Å². The van der Waals surface area contributed by atoms with Gasteiger partial charge in [-0.05, 0) is 43.9 Å². The number of nitrogens with one attached hydrogen (secondary N) is 1. The Bertz CT molecular complexity index is 720. The molecule has 3 aromatic rings. The van der Waals surface area contributed by atoms with E-state index in [2.05, 4.69) is 66.3 Å². The Hall–Kier alpha value is -2.07. The molecule has 4 heteroatoms. The number of nitrogens with zero attached hydrogens (tertiary/aromatic N) is 2. The second-order valence-corrected chi connectivity index (χ2v) is 6.42. The third-order valence-electron chi connectivity index (χ3n) is 3.48. The van der Waals surface area contributed by atoms with E-state index in [4.69, 9.17) is 4.52 Å². The summed E-state index contributed by atoms with van der Waals surface area (Å²) in [6, 6.07) is 10.6. The van der Waals surface area contributed by atoms with Crippen LogP contribution in [0.15, 0.2) is 47.2 Å². The van der Waals surface area contributed by atoms with Crippen LogP contribution in [-0.2, 0) is 13.1 Å². The smallest absolute Gasteiger partial charge is 0.156 e. The first-order valence-corrected chi connectivity index (χ1v) is 7.24. The van der Waals surface area contributed by atoms with E-state index < -0.39 is 0 Å². The van der Waals surface area contributed by atoms with E-state index in [-0.39, 0.29) is 5.54 Å². The maximum absolute atomic E-state index is 5.19. The van der Waals surface area contributed by atoms with Gasteiger partial charge in [0.15, 0.2) is 5.76 Å². The molecule has 1 N–H and O–H groups in total. The summed E-state index contributed by atoms with van der Waals surface area (Å²) in [5, 5.41) is 8.53. The minimum absolute atomic E-state index is 0.122. The average molecular weight is 283 g/mol. The first-order valence-electron chi connectivity index (χ1n) is 7.24. The van der Waals surface area contributed by atoms with Crippen LogP contribution in [0, 0.1) is 0 Å². The minimum Gasteiger partial charge on any atom is -0.359 e. The van der Waals surface area contributed by atoms with Crippen LogP contribution in [0.4, 0.5) is 0 Å². The highest BCUT2D eigenvalue weighted by Crippen LogP contribution is 2.19. The van der Waals surface area contributed by atoms with Gasteiger partial charge in [-0.1, -0.05) is 17.3 Å². The molecule has 0 aliphatic carbocycles. The molecule has 0 aliphatic heterocycles. The summed E-state index contributed by atoms with van der Waals surface area (Å²) in [7, 11) is 0. The Labute approximate surface area is 124 Å². The Morgan fingerprint density at radius 3 is 2.76 bits per heavy atom. The lowest BCUT2D eigenvalue weighted by molar-refractivity contribution is 0.378. The van der Waals surface area contributed by atoms with Gasteiger partial charge in [-0.15, -0.1) is 0 Å². The largest absolute Gasteiger partial charge is 0.359 e. The highest BCUT2D eigenvalue weighted by molar-refractivity contribution is 5.80. The van der Waals surface area contributed by atoms with Crippen molar-refractivity contribution in [3.8, 4) is 0 Å². The molecule has 4 nitrogen and oxygen atoms in total. The van der Waals surface area contributed by atoms with Gasteiger partial charge in [0.1, 0.15) is 0 Å². The molecule has 3 rings (SSSR count). The standard InChI is InChI=1S/C17H21N3O/c1-17(2,3)18-11-13-4-5-14-7-9-20(16(14)10-13)12-15-6-8-19-21-15/h4-10,18H,11-12H2,1-3H3. The van der Waals surface area contributed by atoms with Crippen LogP contribution in [0.5, 0.6) is 0 Å². The fourth-order valence-electron chi connectivity index (χ4n) is 2.34. The van der Waals surface area contributed by atoms with Crippen LogP contribution >= 0.6 is 0 Å². The molecule has 1 aromatic carbocycles. The van der Waals surface area contributed by atoms with Gasteiger partial charge in [-0.2, -0.15) is 0 Å². The Morgan fingerprint density at radius 1 is 1.19 bits per heavy atom. The fraction of sp³-hybridized carbons (Fsp3) is 0.353. The molecule has 0 unspecified atom stereocenters. The zero-order valence-corrected chi connectivity index (χ0v) is 12.8. The highest BCUT2D eigenvalue weighted by atomic mass is 16.5. The van der Waals surface area contributed by atoms with Crippen molar-refractivity contribution >= 4 is 10.9 Å². The molecule has 0 amide bonds. The lowest BCUT2D eigenvalue weighted by atomic mass is 10.1. The van der Waals surface area contributed by atoms with E-state index in [1.807, 2.05) is 6.07 Å². The number of hydrogen-bond donors (Lipinski definition) is 1. The number of aromatic nitrogens is 2. The van der Waals surface area contributed by atoms with Crippen molar-refractivity contribution < 1.29 is 4.52 Å². The molecule has 0 radical (unpaired) electrons. The molecule has 2 heterocycles. The van der Waals surface area contributed by atoms with Crippen LogP contribution in [0.25, 0.3) is 10.9 Å². The maximum Gasteiger partial charge on any atom is 0.156 e. The summed E-state index contributed by atoms with van der Waals surface area (Å²) in [6.07, 6.45) is 3.77. The summed E-state index contributed by atoms with van der Waals surface area (Å²) in [5.74, 6) is 0.866. The molecule has 0 spiro atoms. The molecule has 0 saturated carbocycles. The summed E-state index contributed by atoms with van der Waals surface area (Å²) in [5.41, 5.74) is 2.63. The van der Waals surface area contributed by atoms with Crippen molar-refractivity contribution in [1.29, 1.82) is 0 Å². The molecule has 2 aromatic heterocycles. The quantitative estimate of drug-likeness (QED) is 0.796. The van der Waals surface area contributed by atoms with Crippen molar-refractivity contribution in [3.63, 3.8) is 0 Å². The van der Waals surface area contributed by atoms with Crippen LogP contribution in [0.1, 0.15) is 32.1 Å². The molecule has 0 bridgehead atoms. The van der Waals surface area contributed by atoms with Gasteiger partial charge in [0.25, 0.3) is 0 Å². The Balaban J connectivity index is 1.85. The molecule has 0 fully saturated rings. The van der Waals surface area contributed by atoms with Gasteiger partial charge in [-0.25, -0.2) is 0 Å². The van der Waals surface area contributed by atoms with Gasteiger partial charge >= 0.3 is 0 Å². The number of fused-ring (bicyclic) bond motifs is 1. The first-order chi connectivity index (χ1) is 10.0. The van der Waals surface area contributed by atoms with Crippen molar-refractivity contribution in [1.82, 2.24) is 15.0 Å². The van der Waals surface area contributed by atoms with Crippen LogP contribution in [0.3, 0.4) is 0 Å². The third kappa shape index (κ3) is 3.34. The third-order valence-corrected chi connectivity index (χ3v) is 3.48. The zero-order chi connectivity index (χ0) is 14.9. The minimum atomic E-state index is 0.122. The SMILES string of the molecule is CC(C)(C)NCc1ccc2ccn(Cc3ccno3)c2c1. The molecule has 0 saturated heterocycles. The molecular formula is C17H21N3O. The first kappa shape index (κ1) is 13.9. The van der Waals surface area contributed by atoms with Crippen LogP contribution in [0.2, 0.25) is 0 Å². The number of benzene rings is 1. The molecule has 21 heavy (non-hydrogen) atoms. The van der Waals surface area contributed by atoms with Gasteiger partial charge < -0.3 is 14.4 Å². The number of hydrogen-bond acceptors (Lipinski definition) is 3. The van der Waals surface area contributed by atoms with Crippen LogP contribution in [-0.4, -0.2) is 15.3 Å². The normalized spacial score (nSPS) is 12.1. The Morgan fingerprint density at radius 2 is 2.05 bits per heavy atom. The van der Waals surface area contributed by atoms with Crippen molar-refractivity contribution in [2.75, 3.05) is 0 Å². The maximum atomic E-state index is 5.19. The topological polar surface area (TPSA) is 43.0 Å². The predicted octanol–water partition coefficient (Wildman–Crippen LogP) is 3.57.